The number of pyridine rings is 1. The van der Waals surface area contributed by atoms with Crippen molar-refractivity contribution in [1.29, 1.82) is 0 Å². The van der Waals surface area contributed by atoms with Gasteiger partial charge in [0.2, 0.25) is 0 Å². The highest BCUT2D eigenvalue weighted by atomic mass is 32.1. The van der Waals surface area contributed by atoms with E-state index in [9.17, 15) is 0 Å². The first-order valence-electron chi connectivity index (χ1n) is 18.6. The van der Waals surface area contributed by atoms with Gasteiger partial charge in [-0.1, -0.05) is 127 Å². The Morgan fingerprint density at radius 2 is 1.07 bits per heavy atom. The van der Waals surface area contributed by atoms with E-state index in [4.69, 9.17) is 24.4 Å². The molecule has 0 aliphatic heterocycles. The Kier molecular flexibility index (Phi) is 6.73. The third-order valence-electron chi connectivity index (χ3n) is 10.9. The molecule has 0 bridgehead atoms. The summed E-state index contributed by atoms with van der Waals surface area (Å²) in [6.45, 7) is 0. The van der Waals surface area contributed by atoms with E-state index in [1.165, 1.54) is 20.2 Å². The molecule has 0 aliphatic rings. The molecular formula is C50H28N4OS. The van der Waals surface area contributed by atoms with Crippen molar-refractivity contribution in [2.45, 2.75) is 0 Å². The van der Waals surface area contributed by atoms with Crippen LogP contribution in [0.3, 0.4) is 0 Å². The van der Waals surface area contributed by atoms with Crippen LogP contribution in [0.5, 0.6) is 0 Å². The number of hydrogen-bond acceptors (Lipinski definition) is 6. The van der Waals surface area contributed by atoms with E-state index in [1.54, 1.807) is 11.3 Å². The lowest BCUT2D eigenvalue weighted by molar-refractivity contribution is 0.669. The fourth-order valence-electron chi connectivity index (χ4n) is 8.31. The maximum atomic E-state index is 6.39. The summed E-state index contributed by atoms with van der Waals surface area (Å²) in [6.07, 6.45) is 0. The normalized spacial score (nSPS) is 11.9. The highest BCUT2D eigenvalue weighted by Gasteiger charge is 2.20. The van der Waals surface area contributed by atoms with Crippen LogP contribution >= 0.6 is 11.3 Å². The van der Waals surface area contributed by atoms with Gasteiger partial charge >= 0.3 is 0 Å². The molecule has 0 atom stereocenters. The Labute approximate surface area is 324 Å². The molecule has 0 fully saturated rings. The van der Waals surface area contributed by atoms with Gasteiger partial charge in [0.25, 0.3) is 0 Å². The Bertz CT molecular complexity index is 3550. The highest BCUT2D eigenvalue weighted by Crippen LogP contribution is 2.43. The smallest absolute Gasteiger partial charge is 0.164 e. The van der Waals surface area contributed by atoms with Crippen LogP contribution in [0.15, 0.2) is 174 Å². The van der Waals surface area contributed by atoms with Crippen molar-refractivity contribution in [3.05, 3.63) is 170 Å². The average Bonchev–Trinajstić information content (AvgIpc) is 3.84. The van der Waals surface area contributed by atoms with Crippen LogP contribution in [0.4, 0.5) is 0 Å². The minimum absolute atomic E-state index is 0.590. The SMILES string of the molecule is c1ccc(-c2nc3cc(-c4nc(-c5ccc6ccccc6c5)nc(-c5cccc6sc7ccccc7c56)n4)ccc3c3c2ccc2oc4ccccc4c23)cc1. The van der Waals surface area contributed by atoms with Crippen LogP contribution in [-0.2, 0) is 0 Å². The molecule has 0 N–H and O–H groups in total. The molecular weight excluding hydrogens is 705 g/mol. The quantitative estimate of drug-likeness (QED) is 0.169. The van der Waals surface area contributed by atoms with Gasteiger partial charge in [0.05, 0.1) is 11.2 Å². The summed E-state index contributed by atoms with van der Waals surface area (Å²) in [5.74, 6) is 1.84. The maximum absolute atomic E-state index is 6.39. The zero-order chi connectivity index (χ0) is 36.7. The van der Waals surface area contributed by atoms with Crippen LogP contribution in [0.25, 0.3) is 120 Å². The first kappa shape index (κ1) is 31.1. The van der Waals surface area contributed by atoms with Crippen LogP contribution in [0.1, 0.15) is 0 Å². The second-order valence-corrected chi connectivity index (χ2v) is 15.2. The molecule has 0 amide bonds. The van der Waals surface area contributed by atoms with Crippen molar-refractivity contribution in [3.8, 4) is 45.4 Å². The van der Waals surface area contributed by atoms with E-state index in [0.717, 1.165) is 82.3 Å². The van der Waals surface area contributed by atoms with Crippen molar-refractivity contribution in [2.75, 3.05) is 0 Å². The number of benzene rings is 8. The molecule has 0 saturated heterocycles. The molecule has 0 aliphatic carbocycles. The molecule has 4 aromatic heterocycles. The Morgan fingerprint density at radius 1 is 0.375 bits per heavy atom. The van der Waals surface area contributed by atoms with E-state index in [-0.39, 0.29) is 0 Å². The third-order valence-corrected chi connectivity index (χ3v) is 12.0. The second kappa shape index (κ2) is 12.1. The predicted molar refractivity (Wildman–Crippen MR) is 232 cm³/mol. The first-order chi connectivity index (χ1) is 27.7. The lowest BCUT2D eigenvalue weighted by Gasteiger charge is -2.13. The van der Waals surface area contributed by atoms with Gasteiger partial charge in [-0.05, 0) is 53.2 Å². The van der Waals surface area contributed by atoms with E-state index in [0.29, 0.717) is 17.5 Å². The van der Waals surface area contributed by atoms with Crippen LogP contribution in [0.2, 0.25) is 0 Å². The lowest BCUT2D eigenvalue weighted by atomic mass is 9.95. The van der Waals surface area contributed by atoms with Gasteiger partial charge in [0.1, 0.15) is 11.2 Å². The Hall–Kier alpha value is -7.28. The fraction of sp³-hybridized carbons (Fsp3) is 0. The zero-order valence-corrected chi connectivity index (χ0v) is 30.6. The minimum atomic E-state index is 0.590. The first-order valence-corrected chi connectivity index (χ1v) is 19.4. The summed E-state index contributed by atoms with van der Waals surface area (Å²) in [4.78, 5) is 21.1. The Balaban J connectivity index is 1.14. The Morgan fingerprint density at radius 3 is 1.96 bits per heavy atom. The lowest BCUT2D eigenvalue weighted by Crippen LogP contribution is -2.01. The number of fused-ring (bicyclic) bond motifs is 11. The van der Waals surface area contributed by atoms with E-state index in [2.05, 4.69) is 152 Å². The minimum Gasteiger partial charge on any atom is -0.456 e. The molecule has 56 heavy (non-hydrogen) atoms. The number of thiophene rings is 1. The summed E-state index contributed by atoms with van der Waals surface area (Å²) < 4.78 is 8.83. The molecule has 6 heteroatoms. The standard InChI is InChI=1S/C50H28N4OS/c1-2-12-30(13-3-1)47-37-25-26-41-46(35-15-6-8-18-40(35)55-41)45(37)34-24-23-33(28-39(34)51-47)49-52-48(32-22-21-29-11-4-5-14-31(29)27-32)53-50(54-49)38-17-10-20-43-44(38)36-16-7-9-19-42(36)56-43/h1-28H. The van der Waals surface area contributed by atoms with Gasteiger partial charge in [-0.2, -0.15) is 0 Å². The van der Waals surface area contributed by atoms with Crippen LogP contribution in [0, 0.1) is 0 Å². The fourth-order valence-corrected chi connectivity index (χ4v) is 9.44. The topological polar surface area (TPSA) is 64.7 Å². The summed E-state index contributed by atoms with van der Waals surface area (Å²) in [5, 5.41) is 10.1. The molecule has 260 valence electrons. The number of para-hydroxylation sites is 1. The van der Waals surface area contributed by atoms with Crippen molar-refractivity contribution >= 4 is 85.9 Å². The number of hydrogen-bond donors (Lipinski definition) is 0. The second-order valence-electron chi connectivity index (χ2n) is 14.2. The summed E-state index contributed by atoms with van der Waals surface area (Å²) in [5.41, 5.74) is 7.32. The van der Waals surface area contributed by atoms with Crippen molar-refractivity contribution in [1.82, 2.24) is 19.9 Å². The number of aromatic nitrogens is 4. The molecule has 5 nitrogen and oxygen atoms in total. The molecule has 0 radical (unpaired) electrons. The van der Waals surface area contributed by atoms with Gasteiger partial charge in [-0.25, -0.2) is 19.9 Å². The highest BCUT2D eigenvalue weighted by molar-refractivity contribution is 7.25. The van der Waals surface area contributed by atoms with Crippen molar-refractivity contribution < 1.29 is 4.42 Å². The molecule has 8 aromatic carbocycles. The van der Waals surface area contributed by atoms with Gasteiger partial charge in [0.15, 0.2) is 17.5 Å². The summed E-state index contributed by atoms with van der Waals surface area (Å²) >= 11 is 1.79. The third kappa shape index (κ3) is 4.79. The largest absolute Gasteiger partial charge is 0.456 e. The van der Waals surface area contributed by atoms with Gasteiger partial charge in [0, 0.05) is 69.4 Å². The summed E-state index contributed by atoms with van der Waals surface area (Å²) in [6, 6.07) is 59.1. The molecule has 12 aromatic rings. The van der Waals surface area contributed by atoms with Gasteiger partial charge in [-0.3, -0.25) is 0 Å². The van der Waals surface area contributed by atoms with Crippen molar-refractivity contribution in [2.24, 2.45) is 0 Å². The molecule has 0 saturated carbocycles. The van der Waals surface area contributed by atoms with Gasteiger partial charge < -0.3 is 4.42 Å². The number of nitrogens with zero attached hydrogens (tertiary/aromatic N) is 4. The van der Waals surface area contributed by atoms with E-state index >= 15 is 0 Å². The summed E-state index contributed by atoms with van der Waals surface area (Å²) in [7, 11) is 0. The monoisotopic (exact) mass is 732 g/mol. The zero-order valence-electron chi connectivity index (χ0n) is 29.8. The average molecular weight is 733 g/mol. The predicted octanol–water partition coefficient (Wildman–Crippen LogP) is 13.7. The van der Waals surface area contributed by atoms with Crippen LogP contribution < -0.4 is 0 Å². The van der Waals surface area contributed by atoms with E-state index in [1.807, 2.05) is 18.2 Å². The van der Waals surface area contributed by atoms with E-state index < -0.39 is 0 Å². The number of rotatable bonds is 4. The maximum Gasteiger partial charge on any atom is 0.164 e. The van der Waals surface area contributed by atoms with Crippen LogP contribution in [-0.4, -0.2) is 19.9 Å². The molecule has 0 unspecified atom stereocenters. The van der Waals surface area contributed by atoms with Gasteiger partial charge in [-0.15, -0.1) is 11.3 Å². The number of furan rings is 1. The molecule has 4 heterocycles. The van der Waals surface area contributed by atoms with Crippen molar-refractivity contribution in [3.63, 3.8) is 0 Å². The molecule has 0 spiro atoms. The molecule has 12 rings (SSSR count).